The molecule has 1 atom stereocenters. The molecule has 0 unspecified atom stereocenters. The van der Waals surface area contributed by atoms with Crippen LogP contribution in [-0.4, -0.2) is 38.2 Å². The van der Waals surface area contributed by atoms with Crippen molar-refractivity contribution >= 4 is 5.91 Å². The van der Waals surface area contributed by atoms with Crippen LogP contribution < -0.4 is 4.74 Å². The summed E-state index contributed by atoms with van der Waals surface area (Å²) < 4.78 is 7.96. The van der Waals surface area contributed by atoms with Gasteiger partial charge < -0.3 is 14.2 Å². The van der Waals surface area contributed by atoms with Crippen molar-refractivity contribution in [3.8, 4) is 5.75 Å². The van der Waals surface area contributed by atoms with Crippen molar-refractivity contribution in [3.05, 3.63) is 41.5 Å². The summed E-state index contributed by atoms with van der Waals surface area (Å²) in [7, 11) is 0. The lowest BCUT2D eigenvalue weighted by atomic mass is 10.1. The first kappa shape index (κ1) is 14.2. The van der Waals surface area contributed by atoms with Gasteiger partial charge in [0.1, 0.15) is 11.6 Å². The smallest absolute Gasteiger partial charge is 0.264 e. The van der Waals surface area contributed by atoms with Crippen LogP contribution in [0.3, 0.4) is 0 Å². The molecule has 4 rings (SSSR count). The second kappa shape index (κ2) is 5.37. The van der Waals surface area contributed by atoms with Crippen LogP contribution in [0.5, 0.6) is 5.75 Å². The van der Waals surface area contributed by atoms with Crippen LogP contribution in [0.2, 0.25) is 0 Å². The van der Waals surface area contributed by atoms with E-state index in [1.165, 1.54) is 0 Å². The van der Waals surface area contributed by atoms with Crippen molar-refractivity contribution in [2.45, 2.75) is 45.4 Å². The minimum Gasteiger partial charge on any atom is -0.480 e. The maximum atomic E-state index is 12.8. The number of hydrogen-bond acceptors (Lipinski definition) is 4. The first-order valence-corrected chi connectivity index (χ1v) is 8.09. The first-order valence-electron chi connectivity index (χ1n) is 8.09. The largest absolute Gasteiger partial charge is 0.480 e. The third kappa shape index (κ3) is 2.38. The maximum Gasteiger partial charge on any atom is 0.264 e. The number of rotatable bonds is 2. The molecule has 0 fully saturated rings. The molecule has 0 saturated carbocycles. The highest BCUT2D eigenvalue weighted by atomic mass is 16.5. The third-order valence-corrected chi connectivity index (χ3v) is 4.53. The lowest BCUT2D eigenvalue weighted by Gasteiger charge is -2.29. The Morgan fingerprint density at radius 1 is 1.26 bits per heavy atom. The molecule has 6 heteroatoms. The zero-order chi connectivity index (χ0) is 16.0. The number of aromatic nitrogens is 3. The van der Waals surface area contributed by atoms with Crippen molar-refractivity contribution in [1.82, 2.24) is 19.7 Å². The van der Waals surface area contributed by atoms with Crippen molar-refractivity contribution < 1.29 is 9.53 Å². The van der Waals surface area contributed by atoms with Gasteiger partial charge in [0.2, 0.25) is 0 Å². The van der Waals surface area contributed by atoms with Gasteiger partial charge in [-0.15, -0.1) is 10.2 Å². The molecule has 23 heavy (non-hydrogen) atoms. The van der Waals surface area contributed by atoms with Gasteiger partial charge in [0.15, 0.2) is 11.9 Å². The molecule has 120 valence electrons. The molecule has 0 saturated heterocycles. The number of benzene rings is 1. The highest BCUT2D eigenvalue weighted by molar-refractivity contribution is 5.82. The Morgan fingerprint density at radius 2 is 2.09 bits per heavy atom. The molecule has 2 aliphatic rings. The van der Waals surface area contributed by atoms with Gasteiger partial charge in [-0.05, 0) is 11.6 Å². The number of ether oxygens (including phenoxy) is 1. The van der Waals surface area contributed by atoms with E-state index in [1.807, 2.05) is 29.2 Å². The van der Waals surface area contributed by atoms with Gasteiger partial charge in [-0.2, -0.15) is 0 Å². The average Bonchev–Trinajstić information content (AvgIpc) is 3.17. The SMILES string of the molecule is CC(C)c1nnc2n1CCN(C(=O)[C@H]1Cc3ccccc3O1)C2. The van der Waals surface area contributed by atoms with E-state index in [1.54, 1.807) is 0 Å². The molecule has 0 aliphatic carbocycles. The van der Waals surface area contributed by atoms with E-state index < -0.39 is 6.10 Å². The minimum absolute atomic E-state index is 0.0431. The van der Waals surface area contributed by atoms with Gasteiger partial charge in [-0.25, -0.2) is 0 Å². The Kier molecular flexibility index (Phi) is 3.32. The van der Waals surface area contributed by atoms with Crippen LogP contribution in [0, 0.1) is 0 Å². The van der Waals surface area contributed by atoms with E-state index in [4.69, 9.17) is 4.74 Å². The molecule has 2 aliphatic heterocycles. The number of fused-ring (bicyclic) bond motifs is 2. The van der Waals surface area contributed by atoms with Crippen LogP contribution in [0.4, 0.5) is 0 Å². The molecule has 0 bridgehead atoms. The number of amides is 1. The van der Waals surface area contributed by atoms with Gasteiger partial charge in [-0.3, -0.25) is 4.79 Å². The summed E-state index contributed by atoms with van der Waals surface area (Å²) in [5, 5.41) is 8.52. The molecule has 6 nitrogen and oxygen atoms in total. The number of carbonyl (C=O) groups is 1. The van der Waals surface area contributed by atoms with Crippen LogP contribution in [-0.2, 0) is 24.3 Å². The fraction of sp³-hybridized carbons (Fsp3) is 0.471. The van der Waals surface area contributed by atoms with E-state index in [-0.39, 0.29) is 5.91 Å². The van der Waals surface area contributed by atoms with Gasteiger partial charge >= 0.3 is 0 Å². The predicted molar refractivity (Wildman–Crippen MR) is 84.1 cm³/mol. The van der Waals surface area contributed by atoms with Gasteiger partial charge in [-0.1, -0.05) is 32.0 Å². The van der Waals surface area contributed by atoms with Crippen LogP contribution in [0.15, 0.2) is 24.3 Å². The number of nitrogens with zero attached hydrogens (tertiary/aromatic N) is 4. The lowest BCUT2D eigenvalue weighted by Crippen LogP contribution is -2.45. The topological polar surface area (TPSA) is 60.2 Å². The number of carbonyl (C=O) groups excluding carboxylic acids is 1. The van der Waals surface area contributed by atoms with Crippen molar-refractivity contribution in [2.75, 3.05) is 6.54 Å². The Balaban J connectivity index is 1.49. The fourth-order valence-corrected chi connectivity index (χ4v) is 3.32. The summed E-state index contributed by atoms with van der Waals surface area (Å²) in [6, 6.07) is 7.85. The number of para-hydroxylation sites is 1. The van der Waals surface area contributed by atoms with Gasteiger partial charge in [0, 0.05) is 25.4 Å². The van der Waals surface area contributed by atoms with Crippen molar-refractivity contribution in [3.63, 3.8) is 0 Å². The molecule has 0 N–H and O–H groups in total. The quantitative estimate of drug-likeness (QED) is 0.847. The molecular weight excluding hydrogens is 292 g/mol. The molecule has 1 aromatic heterocycles. The first-order chi connectivity index (χ1) is 11.1. The number of hydrogen-bond donors (Lipinski definition) is 0. The van der Waals surface area contributed by atoms with E-state index in [0.717, 1.165) is 29.5 Å². The van der Waals surface area contributed by atoms with Gasteiger partial charge in [0.05, 0.1) is 6.54 Å². The lowest BCUT2D eigenvalue weighted by molar-refractivity contribution is -0.139. The molecule has 0 spiro atoms. The Morgan fingerprint density at radius 3 is 2.87 bits per heavy atom. The van der Waals surface area contributed by atoms with Crippen LogP contribution >= 0.6 is 0 Å². The van der Waals surface area contributed by atoms with Crippen molar-refractivity contribution in [2.24, 2.45) is 0 Å². The summed E-state index contributed by atoms with van der Waals surface area (Å²) in [6.07, 6.45) is 0.238. The summed E-state index contributed by atoms with van der Waals surface area (Å²) in [5.41, 5.74) is 1.10. The molecule has 3 heterocycles. The van der Waals surface area contributed by atoms with E-state index in [2.05, 4.69) is 28.6 Å². The third-order valence-electron chi connectivity index (χ3n) is 4.53. The molecule has 1 amide bonds. The Hall–Kier alpha value is -2.37. The van der Waals surface area contributed by atoms with Gasteiger partial charge in [0.25, 0.3) is 5.91 Å². The minimum atomic E-state index is -0.411. The summed E-state index contributed by atoms with van der Waals surface area (Å²) >= 11 is 0. The van der Waals surface area contributed by atoms with Crippen LogP contribution in [0.1, 0.15) is 37.0 Å². The Bertz CT molecular complexity index is 728. The van der Waals surface area contributed by atoms with Crippen molar-refractivity contribution in [1.29, 1.82) is 0 Å². The summed E-state index contributed by atoms with van der Waals surface area (Å²) in [6.45, 7) is 6.16. The van der Waals surface area contributed by atoms with E-state index >= 15 is 0 Å². The van der Waals surface area contributed by atoms with E-state index in [0.29, 0.717) is 25.4 Å². The molecular formula is C17H20N4O2. The summed E-state index contributed by atoms with van der Waals surface area (Å²) in [4.78, 5) is 14.6. The molecule has 2 aromatic rings. The molecule has 1 aromatic carbocycles. The van der Waals surface area contributed by atoms with Crippen LogP contribution in [0.25, 0.3) is 0 Å². The normalized spacial score (nSPS) is 19.4. The fourth-order valence-electron chi connectivity index (χ4n) is 3.32. The monoisotopic (exact) mass is 312 g/mol. The second-order valence-corrected chi connectivity index (χ2v) is 6.46. The highest BCUT2D eigenvalue weighted by Crippen LogP contribution is 2.29. The average molecular weight is 312 g/mol. The zero-order valence-corrected chi connectivity index (χ0v) is 13.4. The molecule has 0 radical (unpaired) electrons. The maximum absolute atomic E-state index is 12.8. The highest BCUT2D eigenvalue weighted by Gasteiger charge is 2.34. The van der Waals surface area contributed by atoms with E-state index in [9.17, 15) is 4.79 Å². The zero-order valence-electron chi connectivity index (χ0n) is 13.4. The standard InChI is InChI=1S/C17H20N4O2/c1-11(2)16-19-18-15-10-20(7-8-21(15)16)17(22)14-9-12-5-3-4-6-13(12)23-14/h3-6,11,14H,7-10H2,1-2H3/t14-/m1/s1. The predicted octanol–water partition coefficient (Wildman–Crippen LogP) is 1.75. The second-order valence-electron chi connectivity index (χ2n) is 6.46. The summed E-state index contributed by atoms with van der Waals surface area (Å²) in [5.74, 6) is 3.07. The Labute approximate surface area is 135 Å².